The molecule has 0 aliphatic heterocycles. The van der Waals surface area contributed by atoms with Crippen LogP contribution >= 0.6 is 0 Å². The van der Waals surface area contributed by atoms with Crippen molar-refractivity contribution in [1.82, 2.24) is 0 Å². The SMILES string of the molecule is OC(/C=C\c1ccccc1)(c1ccccc1)C(F)(F)F. The zero-order chi connectivity index (χ0) is 14.6. The van der Waals surface area contributed by atoms with Gasteiger partial charge in [0.05, 0.1) is 0 Å². The zero-order valence-corrected chi connectivity index (χ0v) is 10.5. The molecule has 0 saturated heterocycles. The molecule has 0 radical (unpaired) electrons. The fourth-order valence-corrected chi connectivity index (χ4v) is 1.83. The monoisotopic (exact) mass is 278 g/mol. The molecular weight excluding hydrogens is 265 g/mol. The average molecular weight is 278 g/mol. The molecule has 0 aromatic heterocycles. The summed E-state index contributed by atoms with van der Waals surface area (Å²) < 4.78 is 39.6. The van der Waals surface area contributed by atoms with Gasteiger partial charge in [-0.2, -0.15) is 13.2 Å². The average Bonchev–Trinajstić information content (AvgIpc) is 2.45. The first-order valence-corrected chi connectivity index (χ1v) is 6.02. The van der Waals surface area contributed by atoms with Gasteiger partial charge in [0.15, 0.2) is 0 Å². The Labute approximate surface area is 115 Å². The van der Waals surface area contributed by atoms with Gasteiger partial charge < -0.3 is 5.11 Å². The Morgan fingerprint density at radius 3 is 1.80 bits per heavy atom. The van der Waals surface area contributed by atoms with Crippen molar-refractivity contribution >= 4 is 6.08 Å². The number of alkyl halides is 3. The highest BCUT2D eigenvalue weighted by Gasteiger charge is 2.53. The zero-order valence-electron chi connectivity index (χ0n) is 10.5. The van der Waals surface area contributed by atoms with Crippen molar-refractivity contribution in [3.63, 3.8) is 0 Å². The topological polar surface area (TPSA) is 20.2 Å². The van der Waals surface area contributed by atoms with Crippen LogP contribution in [0.15, 0.2) is 66.7 Å². The van der Waals surface area contributed by atoms with Gasteiger partial charge >= 0.3 is 6.18 Å². The summed E-state index contributed by atoms with van der Waals surface area (Å²) in [5.41, 5.74) is -2.62. The van der Waals surface area contributed by atoms with Gasteiger partial charge in [0.25, 0.3) is 0 Å². The molecule has 20 heavy (non-hydrogen) atoms. The van der Waals surface area contributed by atoms with Gasteiger partial charge in [0.1, 0.15) is 0 Å². The van der Waals surface area contributed by atoms with Gasteiger partial charge in [-0.1, -0.05) is 66.7 Å². The number of aliphatic hydroxyl groups is 1. The van der Waals surface area contributed by atoms with Crippen LogP contribution in [-0.4, -0.2) is 11.3 Å². The minimum atomic E-state index is -4.79. The molecule has 0 spiro atoms. The van der Waals surface area contributed by atoms with Crippen molar-refractivity contribution in [2.24, 2.45) is 0 Å². The number of rotatable bonds is 3. The molecule has 1 nitrogen and oxygen atoms in total. The first-order chi connectivity index (χ1) is 9.43. The summed E-state index contributed by atoms with van der Waals surface area (Å²) in [4.78, 5) is 0. The van der Waals surface area contributed by atoms with Gasteiger partial charge in [-0.25, -0.2) is 0 Å². The Morgan fingerprint density at radius 2 is 1.30 bits per heavy atom. The van der Waals surface area contributed by atoms with Crippen LogP contribution < -0.4 is 0 Å². The molecule has 2 rings (SSSR count). The molecule has 1 N–H and O–H groups in total. The van der Waals surface area contributed by atoms with E-state index in [9.17, 15) is 18.3 Å². The molecule has 0 fully saturated rings. The van der Waals surface area contributed by atoms with Crippen LogP contribution in [0.4, 0.5) is 13.2 Å². The smallest absolute Gasteiger partial charge is 0.373 e. The Hall–Kier alpha value is -2.07. The molecule has 2 aromatic rings. The molecule has 1 atom stereocenters. The number of hydrogen-bond donors (Lipinski definition) is 1. The van der Waals surface area contributed by atoms with Crippen LogP contribution in [0.2, 0.25) is 0 Å². The van der Waals surface area contributed by atoms with Gasteiger partial charge in [-0.3, -0.25) is 0 Å². The summed E-state index contributed by atoms with van der Waals surface area (Å²) in [5.74, 6) is 0. The lowest BCUT2D eigenvalue weighted by Gasteiger charge is -2.27. The number of hydrogen-bond acceptors (Lipinski definition) is 1. The largest absolute Gasteiger partial charge is 0.425 e. The van der Waals surface area contributed by atoms with E-state index in [2.05, 4.69) is 0 Å². The first-order valence-electron chi connectivity index (χ1n) is 6.02. The summed E-state index contributed by atoms with van der Waals surface area (Å²) in [5, 5.41) is 10.1. The van der Waals surface area contributed by atoms with Crippen molar-refractivity contribution < 1.29 is 18.3 Å². The van der Waals surface area contributed by atoms with E-state index < -0.39 is 11.8 Å². The van der Waals surface area contributed by atoms with E-state index in [0.717, 1.165) is 6.08 Å². The Kier molecular flexibility index (Phi) is 3.95. The first kappa shape index (κ1) is 14.3. The van der Waals surface area contributed by atoms with Crippen LogP contribution in [0.3, 0.4) is 0 Å². The van der Waals surface area contributed by atoms with E-state index in [0.29, 0.717) is 5.56 Å². The molecule has 0 aliphatic carbocycles. The van der Waals surface area contributed by atoms with Crippen LogP contribution in [0.25, 0.3) is 6.08 Å². The van der Waals surface area contributed by atoms with Gasteiger partial charge in [-0.05, 0) is 17.2 Å². The molecule has 4 heteroatoms. The van der Waals surface area contributed by atoms with Crippen molar-refractivity contribution in [2.75, 3.05) is 0 Å². The van der Waals surface area contributed by atoms with E-state index in [1.54, 1.807) is 36.4 Å². The maximum atomic E-state index is 13.2. The highest BCUT2D eigenvalue weighted by Crippen LogP contribution is 2.40. The minimum absolute atomic E-state index is 0.209. The summed E-state index contributed by atoms with van der Waals surface area (Å²) in [6.45, 7) is 0. The molecule has 1 unspecified atom stereocenters. The number of benzene rings is 2. The van der Waals surface area contributed by atoms with E-state index in [1.165, 1.54) is 30.3 Å². The molecule has 2 aromatic carbocycles. The maximum Gasteiger partial charge on any atom is 0.425 e. The highest BCUT2D eigenvalue weighted by atomic mass is 19.4. The lowest BCUT2D eigenvalue weighted by Crippen LogP contribution is -2.40. The molecule has 0 heterocycles. The lowest BCUT2D eigenvalue weighted by atomic mass is 9.92. The van der Waals surface area contributed by atoms with Crippen LogP contribution in [0.1, 0.15) is 11.1 Å². The van der Waals surface area contributed by atoms with Crippen molar-refractivity contribution in [3.05, 3.63) is 77.9 Å². The standard InChI is InChI=1S/C16H13F3O/c17-16(18,19)15(20,14-9-5-2-6-10-14)12-11-13-7-3-1-4-8-13/h1-12,20H/b12-11-. The Bertz CT molecular complexity index is 576. The van der Waals surface area contributed by atoms with Gasteiger partial charge in [-0.15, -0.1) is 0 Å². The lowest BCUT2D eigenvalue weighted by molar-refractivity contribution is -0.244. The molecule has 104 valence electrons. The summed E-state index contributed by atoms with van der Waals surface area (Å²) in [6, 6.07) is 15.6. The minimum Gasteiger partial charge on any atom is -0.373 e. The molecule has 0 bridgehead atoms. The third-order valence-corrected chi connectivity index (χ3v) is 2.96. The van der Waals surface area contributed by atoms with Crippen LogP contribution in [0, 0.1) is 0 Å². The van der Waals surface area contributed by atoms with Crippen molar-refractivity contribution in [3.8, 4) is 0 Å². The molecular formula is C16H13F3O. The second-order valence-electron chi connectivity index (χ2n) is 4.37. The fourth-order valence-electron chi connectivity index (χ4n) is 1.83. The Balaban J connectivity index is 2.42. The number of halogens is 3. The quantitative estimate of drug-likeness (QED) is 0.894. The van der Waals surface area contributed by atoms with Crippen molar-refractivity contribution in [1.29, 1.82) is 0 Å². The fraction of sp³-hybridized carbons (Fsp3) is 0.125. The van der Waals surface area contributed by atoms with Crippen molar-refractivity contribution in [2.45, 2.75) is 11.8 Å². The van der Waals surface area contributed by atoms with E-state index in [1.807, 2.05) is 0 Å². The van der Waals surface area contributed by atoms with Crippen LogP contribution in [-0.2, 0) is 5.60 Å². The normalized spacial score (nSPS) is 15.2. The van der Waals surface area contributed by atoms with E-state index >= 15 is 0 Å². The van der Waals surface area contributed by atoms with Gasteiger partial charge in [0.2, 0.25) is 5.60 Å². The Morgan fingerprint density at radius 1 is 0.800 bits per heavy atom. The summed E-state index contributed by atoms with van der Waals surface area (Å²) in [7, 11) is 0. The van der Waals surface area contributed by atoms with Gasteiger partial charge in [0, 0.05) is 0 Å². The van der Waals surface area contributed by atoms with E-state index in [4.69, 9.17) is 0 Å². The third-order valence-electron chi connectivity index (χ3n) is 2.96. The predicted molar refractivity (Wildman–Crippen MR) is 71.9 cm³/mol. The predicted octanol–water partition coefficient (Wildman–Crippen LogP) is 4.15. The second-order valence-corrected chi connectivity index (χ2v) is 4.37. The van der Waals surface area contributed by atoms with E-state index in [-0.39, 0.29) is 5.56 Å². The molecule has 0 amide bonds. The molecule has 0 aliphatic rings. The summed E-state index contributed by atoms with van der Waals surface area (Å²) >= 11 is 0. The highest BCUT2D eigenvalue weighted by molar-refractivity contribution is 5.52. The maximum absolute atomic E-state index is 13.2. The van der Waals surface area contributed by atoms with Crippen LogP contribution in [0.5, 0.6) is 0 Å². The third kappa shape index (κ3) is 2.91. The molecule has 0 saturated carbocycles. The second kappa shape index (κ2) is 5.51. The summed E-state index contributed by atoms with van der Waals surface area (Å²) in [6.07, 6.45) is -2.75.